The van der Waals surface area contributed by atoms with Gasteiger partial charge in [-0.15, -0.1) is 15.3 Å². The van der Waals surface area contributed by atoms with E-state index in [-0.39, 0.29) is 18.0 Å². The fraction of sp³-hybridized carbons (Fsp3) is 0.360. The van der Waals surface area contributed by atoms with Crippen LogP contribution in [0.1, 0.15) is 31.7 Å². The maximum absolute atomic E-state index is 14.8. The summed E-state index contributed by atoms with van der Waals surface area (Å²) in [5, 5.41) is 15.3. The van der Waals surface area contributed by atoms with Gasteiger partial charge in [0.25, 0.3) is 5.89 Å². The van der Waals surface area contributed by atoms with Gasteiger partial charge in [-0.1, -0.05) is 23.4 Å². The largest absolute Gasteiger partial charge is 0.415 e. The molecule has 0 spiro atoms. The SMILES string of the molecule is C[C@@H]1CN(c2cccc(-c3cn(Cc4ccc(-c5nnc(C(F)F)o5)cc4F)nn3)c2)C[C@H](C)N1C. The molecule has 0 amide bonds. The molecule has 1 saturated heterocycles. The Bertz CT molecular complexity index is 1340. The molecule has 188 valence electrons. The quantitative estimate of drug-likeness (QED) is 0.384. The van der Waals surface area contributed by atoms with Crippen molar-refractivity contribution in [2.45, 2.75) is 38.9 Å². The van der Waals surface area contributed by atoms with Gasteiger partial charge in [-0.2, -0.15) is 8.78 Å². The lowest BCUT2D eigenvalue weighted by Gasteiger charge is -2.43. The number of hydrogen-bond donors (Lipinski definition) is 0. The van der Waals surface area contributed by atoms with E-state index in [4.69, 9.17) is 4.42 Å². The van der Waals surface area contributed by atoms with Crippen molar-refractivity contribution in [1.29, 1.82) is 0 Å². The van der Waals surface area contributed by atoms with Gasteiger partial charge in [-0.3, -0.25) is 4.90 Å². The van der Waals surface area contributed by atoms with Crippen LogP contribution in [0.25, 0.3) is 22.7 Å². The van der Waals surface area contributed by atoms with Crippen LogP contribution in [0, 0.1) is 5.82 Å². The molecule has 0 N–H and O–H groups in total. The Morgan fingerprint density at radius 3 is 2.47 bits per heavy atom. The van der Waals surface area contributed by atoms with Crippen LogP contribution in [0.3, 0.4) is 0 Å². The highest BCUT2D eigenvalue weighted by atomic mass is 19.3. The maximum atomic E-state index is 14.8. The molecular formula is C25H26F3N7O. The average Bonchev–Trinajstić information content (AvgIpc) is 3.54. The summed E-state index contributed by atoms with van der Waals surface area (Å²) in [5.41, 5.74) is 3.33. The van der Waals surface area contributed by atoms with Crippen LogP contribution >= 0.6 is 0 Å². The van der Waals surface area contributed by atoms with Crippen molar-refractivity contribution in [3.8, 4) is 22.7 Å². The highest BCUT2D eigenvalue weighted by molar-refractivity contribution is 5.65. The molecule has 0 radical (unpaired) electrons. The second-order valence-corrected chi connectivity index (χ2v) is 9.17. The first-order chi connectivity index (χ1) is 17.3. The molecule has 1 fully saturated rings. The highest BCUT2D eigenvalue weighted by Crippen LogP contribution is 2.27. The highest BCUT2D eigenvalue weighted by Gasteiger charge is 2.26. The van der Waals surface area contributed by atoms with Gasteiger partial charge in [0.15, 0.2) is 0 Å². The van der Waals surface area contributed by atoms with E-state index in [0.29, 0.717) is 23.3 Å². The third kappa shape index (κ3) is 4.83. The molecule has 3 heterocycles. The van der Waals surface area contributed by atoms with Gasteiger partial charge in [0, 0.05) is 47.6 Å². The summed E-state index contributed by atoms with van der Waals surface area (Å²) in [5.74, 6) is -1.50. The van der Waals surface area contributed by atoms with E-state index in [0.717, 1.165) is 24.3 Å². The Kier molecular flexibility index (Phi) is 6.48. The van der Waals surface area contributed by atoms with E-state index in [1.165, 1.54) is 12.1 Å². The van der Waals surface area contributed by atoms with E-state index < -0.39 is 18.1 Å². The molecule has 2 atom stereocenters. The van der Waals surface area contributed by atoms with Gasteiger partial charge < -0.3 is 9.32 Å². The first-order valence-electron chi connectivity index (χ1n) is 11.7. The normalized spacial score (nSPS) is 18.8. The molecule has 5 rings (SSSR count). The molecule has 0 aliphatic carbocycles. The van der Waals surface area contributed by atoms with Crippen molar-refractivity contribution in [3.63, 3.8) is 0 Å². The van der Waals surface area contributed by atoms with E-state index in [1.54, 1.807) is 16.9 Å². The summed E-state index contributed by atoms with van der Waals surface area (Å²) < 4.78 is 46.6. The number of alkyl halides is 2. The zero-order chi connectivity index (χ0) is 25.4. The van der Waals surface area contributed by atoms with Crippen molar-refractivity contribution < 1.29 is 17.6 Å². The number of halogens is 3. The maximum Gasteiger partial charge on any atom is 0.314 e. The van der Waals surface area contributed by atoms with Crippen LogP contribution in [0.2, 0.25) is 0 Å². The molecule has 11 heteroatoms. The van der Waals surface area contributed by atoms with Crippen LogP contribution in [0.5, 0.6) is 0 Å². The molecule has 4 aromatic rings. The number of piperazine rings is 1. The van der Waals surface area contributed by atoms with Gasteiger partial charge in [-0.05, 0) is 45.2 Å². The van der Waals surface area contributed by atoms with Crippen molar-refractivity contribution in [2.24, 2.45) is 0 Å². The van der Waals surface area contributed by atoms with Gasteiger partial charge in [0.05, 0.1) is 12.7 Å². The Labute approximate surface area is 206 Å². The number of anilines is 1. The van der Waals surface area contributed by atoms with Gasteiger partial charge in [0.2, 0.25) is 5.89 Å². The topological polar surface area (TPSA) is 76.1 Å². The third-order valence-electron chi connectivity index (χ3n) is 6.67. The zero-order valence-electron chi connectivity index (χ0n) is 20.1. The van der Waals surface area contributed by atoms with E-state index >= 15 is 0 Å². The number of rotatable bonds is 6. The van der Waals surface area contributed by atoms with Crippen molar-refractivity contribution in [2.75, 3.05) is 25.0 Å². The van der Waals surface area contributed by atoms with E-state index in [1.807, 2.05) is 12.1 Å². The number of nitrogens with zero attached hydrogens (tertiary/aromatic N) is 7. The van der Waals surface area contributed by atoms with Crippen molar-refractivity contribution >= 4 is 5.69 Å². The van der Waals surface area contributed by atoms with Gasteiger partial charge in [0.1, 0.15) is 11.5 Å². The molecule has 0 saturated carbocycles. The second-order valence-electron chi connectivity index (χ2n) is 9.17. The molecule has 8 nitrogen and oxygen atoms in total. The predicted molar refractivity (Wildman–Crippen MR) is 128 cm³/mol. The molecular weight excluding hydrogens is 471 g/mol. The van der Waals surface area contributed by atoms with Crippen LogP contribution < -0.4 is 4.90 Å². The van der Waals surface area contributed by atoms with E-state index in [2.05, 4.69) is 63.3 Å². The first-order valence-corrected chi connectivity index (χ1v) is 11.7. The Balaban J connectivity index is 1.31. The molecule has 1 aliphatic rings. The fourth-order valence-corrected chi connectivity index (χ4v) is 4.41. The molecule has 0 bridgehead atoms. The van der Waals surface area contributed by atoms with E-state index in [9.17, 15) is 13.2 Å². The summed E-state index contributed by atoms with van der Waals surface area (Å²) in [6, 6.07) is 13.3. The van der Waals surface area contributed by atoms with Crippen LogP contribution in [-0.4, -0.2) is 62.3 Å². The monoisotopic (exact) mass is 497 g/mol. The minimum Gasteiger partial charge on any atom is -0.415 e. The summed E-state index contributed by atoms with van der Waals surface area (Å²) in [4.78, 5) is 4.77. The van der Waals surface area contributed by atoms with Gasteiger partial charge in [-0.25, -0.2) is 9.07 Å². The smallest absolute Gasteiger partial charge is 0.314 e. The number of likely N-dealkylation sites (N-methyl/N-ethyl adjacent to an activating group) is 1. The molecule has 1 aliphatic heterocycles. The summed E-state index contributed by atoms with van der Waals surface area (Å²) in [7, 11) is 2.16. The Hall–Kier alpha value is -3.73. The first kappa shape index (κ1) is 24.0. The lowest BCUT2D eigenvalue weighted by atomic mass is 10.1. The second kappa shape index (κ2) is 9.73. The lowest BCUT2D eigenvalue weighted by molar-refractivity contribution is 0.116. The summed E-state index contributed by atoms with van der Waals surface area (Å²) in [6.07, 6.45) is -1.11. The average molecular weight is 498 g/mol. The minimum absolute atomic E-state index is 0.151. The van der Waals surface area contributed by atoms with Crippen molar-refractivity contribution in [3.05, 3.63) is 65.9 Å². The standard InChI is InChI=1S/C25H26F3N7O/c1-15-11-34(12-16(2)33(15)3)20-6-4-5-17(9-20)22-14-35(32-29-22)13-19-8-7-18(10-21(19)26)24-30-31-25(36-24)23(27)28/h4-10,14-16,23H,11-13H2,1-3H3/t15-,16+. The molecule has 36 heavy (non-hydrogen) atoms. The van der Waals surface area contributed by atoms with Gasteiger partial charge >= 0.3 is 6.43 Å². The van der Waals surface area contributed by atoms with Crippen molar-refractivity contribution in [1.82, 2.24) is 30.1 Å². The predicted octanol–water partition coefficient (Wildman–Crippen LogP) is 4.65. The minimum atomic E-state index is -2.88. The van der Waals surface area contributed by atoms with Crippen LogP contribution in [0.15, 0.2) is 53.1 Å². The number of aromatic nitrogens is 5. The molecule has 2 aromatic heterocycles. The fourth-order valence-electron chi connectivity index (χ4n) is 4.41. The number of hydrogen-bond acceptors (Lipinski definition) is 7. The lowest BCUT2D eigenvalue weighted by Crippen LogP contribution is -2.55. The third-order valence-corrected chi connectivity index (χ3v) is 6.67. The summed E-state index contributed by atoms with van der Waals surface area (Å²) in [6.45, 7) is 6.50. The summed E-state index contributed by atoms with van der Waals surface area (Å²) >= 11 is 0. The molecule has 0 unspecified atom stereocenters. The number of benzene rings is 2. The zero-order valence-corrected chi connectivity index (χ0v) is 20.1. The Morgan fingerprint density at radius 1 is 1.00 bits per heavy atom. The Morgan fingerprint density at radius 2 is 1.78 bits per heavy atom. The van der Waals surface area contributed by atoms with Crippen LogP contribution in [-0.2, 0) is 6.54 Å². The van der Waals surface area contributed by atoms with Crippen LogP contribution in [0.4, 0.5) is 18.9 Å². The molecule has 2 aromatic carbocycles.